The summed E-state index contributed by atoms with van der Waals surface area (Å²) in [5, 5.41) is 11.7. The van der Waals surface area contributed by atoms with Gasteiger partial charge in [-0.2, -0.15) is 0 Å². The summed E-state index contributed by atoms with van der Waals surface area (Å²) >= 11 is 0. The molecule has 0 aromatic rings. The predicted molar refractivity (Wildman–Crippen MR) is 44.1 cm³/mol. The molecule has 0 saturated heterocycles. The highest BCUT2D eigenvalue weighted by atomic mass is 16.3. The Morgan fingerprint density at radius 2 is 2.18 bits per heavy atom. The lowest BCUT2D eigenvalue weighted by Gasteiger charge is -2.16. The minimum absolute atomic E-state index is 0.172. The Balaban J connectivity index is 3.63. The zero-order valence-corrected chi connectivity index (χ0v) is 7.22. The van der Waals surface area contributed by atoms with Crippen LogP contribution in [0.25, 0.3) is 0 Å². The monoisotopic (exact) mass is 157 g/mol. The maximum atomic E-state index is 10.8. The van der Waals surface area contributed by atoms with E-state index in [0.717, 1.165) is 0 Å². The van der Waals surface area contributed by atoms with Crippen molar-refractivity contribution in [2.24, 2.45) is 0 Å². The second-order valence-corrected chi connectivity index (χ2v) is 3.03. The highest BCUT2D eigenvalue weighted by molar-refractivity contribution is 5.87. The molecule has 64 valence electrons. The molecule has 2 N–H and O–H groups in total. The van der Waals surface area contributed by atoms with E-state index in [1.807, 2.05) is 0 Å². The molecule has 0 bridgehead atoms. The van der Waals surface area contributed by atoms with Crippen LogP contribution in [-0.4, -0.2) is 23.2 Å². The average Bonchev–Trinajstić information content (AvgIpc) is 1.83. The number of allylic oxidation sites excluding steroid dienone is 1. The smallest absolute Gasteiger partial charge is 0.243 e. The maximum Gasteiger partial charge on any atom is 0.243 e. The van der Waals surface area contributed by atoms with Crippen LogP contribution in [0.2, 0.25) is 0 Å². The summed E-state index contributed by atoms with van der Waals surface area (Å²) in [6.45, 7) is 5.33. The van der Waals surface area contributed by atoms with Gasteiger partial charge < -0.3 is 10.4 Å². The van der Waals surface area contributed by atoms with Gasteiger partial charge in [0.1, 0.15) is 0 Å². The van der Waals surface area contributed by atoms with E-state index in [1.54, 1.807) is 26.8 Å². The number of amides is 1. The normalized spacial score (nSPS) is 12.0. The molecule has 0 fully saturated rings. The molecule has 11 heavy (non-hydrogen) atoms. The first kappa shape index (κ1) is 10.2. The van der Waals surface area contributed by atoms with Crippen LogP contribution in [0.4, 0.5) is 0 Å². The summed E-state index contributed by atoms with van der Waals surface area (Å²) in [6.07, 6.45) is 3.07. The first-order chi connectivity index (χ1) is 4.95. The fourth-order valence-corrected chi connectivity index (χ4v) is 0.514. The van der Waals surface area contributed by atoms with Crippen molar-refractivity contribution in [1.29, 1.82) is 0 Å². The van der Waals surface area contributed by atoms with Crippen LogP contribution < -0.4 is 5.32 Å². The molecule has 0 radical (unpaired) electrons. The molecular formula is C8H15NO2. The van der Waals surface area contributed by atoms with Crippen molar-refractivity contribution in [3.63, 3.8) is 0 Å². The van der Waals surface area contributed by atoms with E-state index >= 15 is 0 Å². The first-order valence-electron chi connectivity index (χ1n) is 3.58. The number of hydrogen-bond acceptors (Lipinski definition) is 2. The third-order valence-corrected chi connectivity index (χ3v) is 1.01. The van der Waals surface area contributed by atoms with Gasteiger partial charge in [-0.15, -0.1) is 0 Å². The lowest BCUT2D eigenvalue weighted by molar-refractivity contribution is -0.117. The van der Waals surface area contributed by atoms with Crippen molar-refractivity contribution in [2.45, 2.75) is 26.4 Å². The molecule has 3 heteroatoms. The Morgan fingerprint density at radius 3 is 2.55 bits per heavy atom. The molecule has 0 atom stereocenters. The third kappa shape index (κ3) is 7.06. The summed E-state index contributed by atoms with van der Waals surface area (Å²) in [5.41, 5.74) is -0.836. The number of aliphatic hydroxyl groups is 1. The quantitative estimate of drug-likeness (QED) is 0.584. The Labute approximate surface area is 67.1 Å². The van der Waals surface area contributed by atoms with Gasteiger partial charge in [0.05, 0.1) is 5.60 Å². The fraction of sp³-hybridized carbons (Fsp3) is 0.625. The molecule has 1 amide bonds. The maximum absolute atomic E-state index is 10.8. The number of hydrogen-bond donors (Lipinski definition) is 2. The van der Waals surface area contributed by atoms with Gasteiger partial charge in [0.2, 0.25) is 5.91 Å². The van der Waals surface area contributed by atoms with Gasteiger partial charge in [-0.25, -0.2) is 0 Å². The van der Waals surface area contributed by atoms with E-state index in [9.17, 15) is 9.90 Å². The standard InChI is InChI=1S/C8H15NO2/c1-4-5-7(10)9-6-8(2,3)11/h4-5,11H,6H2,1-3H3,(H,9,10)/b5-4+. The van der Waals surface area contributed by atoms with Gasteiger partial charge in [0, 0.05) is 6.54 Å². The number of nitrogens with one attached hydrogen (secondary N) is 1. The molecular weight excluding hydrogens is 142 g/mol. The highest BCUT2D eigenvalue weighted by Gasteiger charge is 2.12. The molecule has 0 aliphatic carbocycles. The molecule has 0 aliphatic heterocycles. The van der Waals surface area contributed by atoms with Crippen LogP contribution in [-0.2, 0) is 4.79 Å². The van der Waals surface area contributed by atoms with E-state index in [0.29, 0.717) is 0 Å². The Morgan fingerprint density at radius 1 is 1.64 bits per heavy atom. The Hall–Kier alpha value is -0.830. The molecule has 0 rings (SSSR count). The summed E-state index contributed by atoms with van der Waals surface area (Å²) < 4.78 is 0. The van der Waals surface area contributed by atoms with Crippen LogP contribution >= 0.6 is 0 Å². The van der Waals surface area contributed by atoms with Crippen molar-refractivity contribution in [1.82, 2.24) is 5.32 Å². The van der Waals surface area contributed by atoms with Crippen molar-refractivity contribution < 1.29 is 9.90 Å². The first-order valence-corrected chi connectivity index (χ1v) is 3.58. The predicted octanol–water partition coefficient (Wildman–Crippen LogP) is 0.450. The molecule has 0 aromatic heterocycles. The fourth-order valence-electron chi connectivity index (χ4n) is 0.514. The number of carbonyl (C=O) groups excluding carboxylic acids is 1. The number of rotatable bonds is 3. The minimum atomic E-state index is -0.836. The van der Waals surface area contributed by atoms with Crippen molar-refractivity contribution in [3.8, 4) is 0 Å². The minimum Gasteiger partial charge on any atom is -0.389 e. The zero-order valence-electron chi connectivity index (χ0n) is 7.22. The van der Waals surface area contributed by atoms with Gasteiger partial charge in [-0.3, -0.25) is 4.79 Å². The molecule has 3 nitrogen and oxygen atoms in total. The van der Waals surface area contributed by atoms with E-state index in [1.165, 1.54) is 6.08 Å². The van der Waals surface area contributed by atoms with Crippen LogP contribution in [0.1, 0.15) is 20.8 Å². The second-order valence-electron chi connectivity index (χ2n) is 3.03. The van der Waals surface area contributed by atoms with Crippen molar-refractivity contribution >= 4 is 5.91 Å². The average molecular weight is 157 g/mol. The van der Waals surface area contributed by atoms with Gasteiger partial charge in [0.15, 0.2) is 0 Å². The Kier molecular flexibility index (Phi) is 3.82. The van der Waals surface area contributed by atoms with Gasteiger partial charge in [-0.1, -0.05) is 6.08 Å². The van der Waals surface area contributed by atoms with Crippen LogP contribution in [0.15, 0.2) is 12.2 Å². The van der Waals surface area contributed by atoms with E-state index in [2.05, 4.69) is 5.32 Å². The molecule has 0 aliphatic rings. The van der Waals surface area contributed by atoms with Crippen LogP contribution in [0.5, 0.6) is 0 Å². The summed E-state index contributed by atoms with van der Waals surface area (Å²) in [6, 6.07) is 0. The molecule has 0 spiro atoms. The summed E-state index contributed by atoms with van der Waals surface area (Å²) in [4.78, 5) is 10.8. The van der Waals surface area contributed by atoms with E-state index in [4.69, 9.17) is 0 Å². The molecule has 0 aromatic carbocycles. The Bertz CT molecular complexity index is 156. The largest absolute Gasteiger partial charge is 0.389 e. The molecule has 0 heterocycles. The summed E-state index contributed by atoms with van der Waals surface area (Å²) in [5.74, 6) is -0.172. The van der Waals surface area contributed by atoms with Gasteiger partial charge in [-0.05, 0) is 26.8 Å². The number of carbonyl (C=O) groups is 1. The van der Waals surface area contributed by atoms with Crippen LogP contribution in [0.3, 0.4) is 0 Å². The van der Waals surface area contributed by atoms with Gasteiger partial charge >= 0.3 is 0 Å². The SMILES string of the molecule is C/C=C/C(=O)NCC(C)(C)O. The molecule has 0 saturated carbocycles. The second kappa shape index (κ2) is 4.13. The summed E-state index contributed by atoms with van der Waals surface area (Å²) in [7, 11) is 0. The molecule has 0 unspecified atom stereocenters. The van der Waals surface area contributed by atoms with Crippen LogP contribution in [0, 0.1) is 0 Å². The topological polar surface area (TPSA) is 49.3 Å². The van der Waals surface area contributed by atoms with E-state index < -0.39 is 5.60 Å². The third-order valence-electron chi connectivity index (χ3n) is 1.01. The van der Waals surface area contributed by atoms with Crippen molar-refractivity contribution in [2.75, 3.05) is 6.54 Å². The lowest BCUT2D eigenvalue weighted by Crippen LogP contribution is -2.37. The lowest BCUT2D eigenvalue weighted by atomic mass is 10.1. The van der Waals surface area contributed by atoms with E-state index in [-0.39, 0.29) is 12.5 Å². The van der Waals surface area contributed by atoms with Crippen molar-refractivity contribution in [3.05, 3.63) is 12.2 Å². The van der Waals surface area contributed by atoms with Gasteiger partial charge in [0.25, 0.3) is 0 Å². The highest BCUT2D eigenvalue weighted by Crippen LogP contribution is 1.96. The zero-order chi connectivity index (χ0) is 8.91.